The first-order chi connectivity index (χ1) is 14.2. The number of nitrogens with zero attached hydrogens (tertiary/aromatic N) is 2. The van der Waals surface area contributed by atoms with E-state index in [0.29, 0.717) is 19.5 Å². The summed E-state index contributed by atoms with van der Waals surface area (Å²) in [5, 5.41) is 5.95. The lowest BCUT2D eigenvalue weighted by Gasteiger charge is -2.31. The molecule has 30 heavy (non-hydrogen) atoms. The van der Waals surface area contributed by atoms with E-state index < -0.39 is 0 Å². The number of rotatable bonds is 3. The van der Waals surface area contributed by atoms with Gasteiger partial charge in [0.15, 0.2) is 0 Å². The average Bonchev–Trinajstić information content (AvgIpc) is 3.26. The number of pyridine rings is 1. The first-order valence-corrected chi connectivity index (χ1v) is 10.8. The van der Waals surface area contributed by atoms with Crippen molar-refractivity contribution in [3.05, 3.63) is 33.2 Å². The Balaban J connectivity index is 1.31. The van der Waals surface area contributed by atoms with Crippen LogP contribution < -0.4 is 16.2 Å². The molecule has 3 fully saturated rings. The molecule has 0 spiro atoms. The van der Waals surface area contributed by atoms with E-state index in [1.807, 2.05) is 18.7 Å². The molecule has 2 saturated heterocycles. The molecule has 0 aromatic carbocycles. The van der Waals surface area contributed by atoms with Crippen molar-refractivity contribution in [3.63, 3.8) is 0 Å². The first kappa shape index (κ1) is 20.6. The maximum atomic E-state index is 12.9. The van der Waals surface area contributed by atoms with Gasteiger partial charge >= 0.3 is 0 Å². The second-order valence-electron chi connectivity index (χ2n) is 9.09. The molecule has 8 nitrogen and oxygen atoms in total. The van der Waals surface area contributed by atoms with E-state index in [4.69, 9.17) is 0 Å². The Labute approximate surface area is 176 Å². The van der Waals surface area contributed by atoms with Crippen molar-refractivity contribution in [3.8, 4) is 0 Å². The molecular formula is C22H30N4O4. The molecule has 1 aromatic heterocycles. The van der Waals surface area contributed by atoms with Crippen molar-refractivity contribution in [2.45, 2.75) is 58.0 Å². The minimum absolute atomic E-state index is 0.0230. The third-order valence-electron chi connectivity index (χ3n) is 7.17. The first-order valence-electron chi connectivity index (χ1n) is 10.8. The molecule has 3 aliphatic rings. The van der Waals surface area contributed by atoms with Gasteiger partial charge in [0.05, 0.1) is 6.04 Å². The van der Waals surface area contributed by atoms with E-state index in [2.05, 4.69) is 10.6 Å². The van der Waals surface area contributed by atoms with Crippen LogP contribution >= 0.6 is 0 Å². The number of nitrogens with one attached hydrogen (secondary N) is 2. The van der Waals surface area contributed by atoms with Gasteiger partial charge < -0.3 is 20.1 Å². The standard InChI is InChI=1S/C22H30N4O4/c1-12-8-17(22(30)25(3)13(12)2)20(28)23-16-6-4-14(5-7-16)21(29)26-10-15-9-19(27)24-18(15)11-26/h8,14-16,18H,4-7,9-11H2,1-3H3,(H,23,28)(H,24,27)/t14?,15-,16?,18+/m0/s1. The largest absolute Gasteiger partial charge is 0.351 e. The van der Waals surface area contributed by atoms with Gasteiger partial charge in [-0.1, -0.05) is 0 Å². The van der Waals surface area contributed by atoms with Crippen LogP contribution in [0.4, 0.5) is 0 Å². The molecule has 1 saturated carbocycles. The van der Waals surface area contributed by atoms with E-state index in [-0.39, 0.29) is 52.8 Å². The molecule has 0 radical (unpaired) electrons. The summed E-state index contributed by atoms with van der Waals surface area (Å²) in [6, 6.07) is 1.74. The third-order valence-corrected chi connectivity index (χ3v) is 7.17. The molecule has 1 aromatic rings. The maximum Gasteiger partial charge on any atom is 0.263 e. The molecule has 162 valence electrons. The molecule has 4 rings (SSSR count). The highest BCUT2D eigenvalue weighted by Gasteiger charge is 2.43. The summed E-state index contributed by atoms with van der Waals surface area (Å²) >= 11 is 0. The van der Waals surface area contributed by atoms with E-state index in [1.165, 1.54) is 4.57 Å². The van der Waals surface area contributed by atoms with Crippen molar-refractivity contribution in [2.24, 2.45) is 18.9 Å². The summed E-state index contributed by atoms with van der Waals surface area (Å²) in [7, 11) is 1.68. The zero-order valence-corrected chi connectivity index (χ0v) is 17.9. The highest BCUT2D eigenvalue weighted by molar-refractivity contribution is 5.94. The lowest BCUT2D eigenvalue weighted by atomic mass is 9.85. The van der Waals surface area contributed by atoms with E-state index in [9.17, 15) is 19.2 Å². The van der Waals surface area contributed by atoms with Gasteiger partial charge in [0.25, 0.3) is 11.5 Å². The molecule has 2 atom stereocenters. The highest BCUT2D eigenvalue weighted by Crippen LogP contribution is 2.31. The smallest absolute Gasteiger partial charge is 0.263 e. The second kappa shape index (κ2) is 7.89. The zero-order valence-electron chi connectivity index (χ0n) is 17.9. The molecule has 0 unspecified atom stereocenters. The molecule has 8 heteroatoms. The van der Waals surface area contributed by atoms with Gasteiger partial charge in [-0.15, -0.1) is 0 Å². The van der Waals surface area contributed by atoms with Crippen molar-refractivity contribution in [1.29, 1.82) is 0 Å². The summed E-state index contributed by atoms with van der Waals surface area (Å²) in [6.45, 7) is 5.02. The predicted molar refractivity (Wildman–Crippen MR) is 111 cm³/mol. The highest BCUT2D eigenvalue weighted by atomic mass is 16.2. The number of likely N-dealkylation sites (tertiary alicyclic amines) is 1. The number of hydrogen-bond donors (Lipinski definition) is 2. The molecule has 3 amide bonds. The normalized spacial score (nSPS) is 28.2. The fourth-order valence-electron chi connectivity index (χ4n) is 5.07. The average molecular weight is 415 g/mol. The van der Waals surface area contributed by atoms with E-state index in [1.54, 1.807) is 13.1 Å². The zero-order chi connectivity index (χ0) is 21.6. The van der Waals surface area contributed by atoms with Gasteiger partial charge in [0, 0.05) is 50.1 Å². The number of hydrogen-bond acceptors (Lipinski definition) is 4. The Morgan fingerprint density at radius 1 is 1.10 bits per heavy atom. The summed E-state index contributed by atoms with van der Waals surface area (Å²) in [5.41, 5.74) is 1.64. The quantitative estimate of drug-likeness (QED) is 0.758. The van der Waals surface area contributed by atoms with Crippen molar-refractivity contribution in [2.75, 3.05) is 13.1 Å². The number of carbonyl (C=O) groups excluding carboxylic acids is 3. The monoisotopic (exact) mass is 414 g/mol. The van der Waals surface area contributed by atoms with Gasteiger partial charge in [0.2, 0.25) is 11.8 Å². The molecule has 0 bridgehead atoms. The molecule has 2 aliphatic heterocycles. The lowest BCUT2D eigenvalue weighted by molar-refractivity contribution is -0.136. The minimum Gasteiger partial charge on any atom is -0.351 e. The van der Waals surface area contributed by atoms with Crippen molar-refractivity contribution >= 4 is 17.7 Å². The molecule has 3 heterocycles. The minimum atomic E-state index is -0.336. The topological polar surface area (TPSA) is 101 Å². The Bertz CT molecular complexity index is 929. The summed E-state index contributed by atoms with van der Waals surface area (Å²) in [4.78, 5) is 51.4. The number of aryl methyl sites for hydroxylation is 1. The van der Waals surface area contributed by atoms with Crippen LogP contribution in [0, 0.1) is 25.7 Å². The molecule has 2 N–H and O–H groups in total. The van der Waals surface area contributed by atoms with Crippen LogP contribution in [0.2, 0.25) is 0 Å². The van der Waals surface area contributed by atoms with Crippen LogP contribution in [0.5, 0.6) is 0 Å². The van der Waals surface area contributed by atoms with Crippen LogP contribution in [0.1, 0.15) is 53.7 Å². The summed E-state index contributed by atoms with van der Waals surface area (Å²) in [6.07, 6.45) is 3.43. The van der Waals surface area contributed by atoms with E-state index in [0.717, 1.165) is 36.9 Å². The Kier molecular flexibility index (Phi) is 5.42. The van der Waals surface area contributed by atoms with Gasteiger partial charge in [-0.3, -0.25) is 19.2 Å². The van der Waals surface area contributed by atoms with Crippen LogP contribution in [0.15, 0.2) is 10.9 Å². The predicted octanol–water partition coefficient (Wildman–Crippen LogP) is 0.638. The van der Waals surface area contributed by atoms with Gasteiger partial charge in [-0.05, 0) is 51.2 Å². The Morgan fingerprint density at radius 2 is 1.80 bits per heavy atom. The van der Waals surface area contributed by atoms with Crippen molar-refractivity contribution < 1.29 is 14.4 Å². The summed E-state index contributed by atoms with van der Waals surface area (Å²) < 4.78 is 1.51. The molecular weight excluding hydrogens is 384 g/mol. The Hall–Kier alpha value is -2.64. The second-order valence-corrected chi connectivity index (χ2v) is 9.09. The van der Waals surface area contributed by atoms with Crippen LogP contribution in [0.25, 0.3) is 0 Å². The fourth-order valence-corrected chi connectivity index (χ4v) is 5.07. The van der Waals surface area contributed by atoms with Gasteiger partial charge in [-0.2, -0.15) is 0 Å². The third kappa shape index (κ3) is 3.75. The van der Waals surface area contributed by atoms with Gasteiger partial charge in [0.1, 0.15) is 5.56 Å². The Morgan fingerprint density at radius 3 is 2.47 bits per heavy atom. The number of fused-ring (bicyclic) bond motifs is 1. The number of carbonyl (C=O) groups is 3. The van der Waals surface area contributed by atoms with Crippen LogP contribution in [-0.2, 0) is 16.6 Å². The summed E-state index contributed by atoms with van der Waals surface area (Å²) in [5.74, 6) is 0.148. The van der Waals surface area contributed by atoms with E-state index >= 15 is 0 Å². The SMILES string of the molecule is Cc1cc(C(=O)NC2CCC(C(=O)N3C[C@@H]4CC(=O)N[C@@H]4C3)CC2)c(=O)n(C)c1C. The van der Waals surface area contributed by atoms with Crippen LogP contribution in [-0.4, -0.2) is 52.4 Å². The fraction of sp³-hybridized carbons (Fsp3) is 0.636. The van der Waals surface area contributed by atoms with Crippen LogP contribution in [0.3, 0.4) is 0 Å². The lowest BCUT2D eigenvalue weighted by Crippen LogP contribution is -2.44. The number of amides is 3. The van der Waals surface area contributed by atoms with Gasteiger partial charge in [-0.25, -0.2) is 0 Å². The maximum absolute atomic E-state index is 12.9. The molecule has 1 aliphatic carbocycles. The van der Waals surface area contributed by atoms with Crippen molar-refractivity contribution in [1.82, 2.24) is 20.1 Å². The number of aromatic nitrogens is 1.